The monoisotopic (exact) mass is 369 g/mol. The number of carbonyl (C=O) groups excluding carboxylic acids is 1. The Morgan fingerprint density at radius 3 is 1.78 bits per heavy atom. The Morgan fingerprint density at radius 2 is 1.26 bits per heavy atom. The molecule has 150 valence electrons. The molecule has 8 fully saturated rings. The van der Waals surface area contributed by atoms with Crippen molar-refractivity contribution in [1.82, 2.24) is 5.32 Å². The molecule has 2 heteroatoms. The summed E-state index contributed by atoms with van der Waals surface area (Å²) in [5.74, 6) is 4.23. The van der Waals surface area contributed by atoms with E-state index >= 15 is 0 Å². The van der Waals surface area contributed by atoms with Crippen molar-refractivity contribution in [3.05, 3.63) is 0 Å². The molecule has 27 heavy (non-hydrogen) atoms. The molecule has 0 heterocycles. The van der Waals surface area contributed by atoms with E-state index in [2.05, 4.69) is 19.2 Å². The van der Waals surface area contributed by atoms with Gasteiger partial charge >= 0.3 is 0 Å². The van der Waals surface area contributed by atoms with E-state index in [4.69, 9.17) is 0 Å². The number of hydrogen-bond acceptors (Lipinski definition) is 1. The quantitative estimate of drug-likeness (QED) is 0.676. The molecule has 1 N–H and O–H groups in total. The molecular weight excluding hydrogens is 330 g/mol. The first-order chi connectivity index (χ1) is 12.7. The lowest BCUT2D eigenvalue weighted by molar-refractivity contribution is -0.156. The van der Waals surface area contributed by atoms with Crippen LogP contribution in [-0.4, -0.2) is 12.5 Å². The molecule has 0 spiro atoms. The van der Waals surface area contributed by atoms with Crippen molar-refractivity contribution >= 4 is 5.91 Å². The van der Waals surface area contributed by atoms with Gasteiger partial charge < -0.3 is 5.32 Å². The zero-order chi connectivity index (χ0) is 18.5. The molecule has 0 aromatic rings. The van der Waals surface area contributed by atoms with Crippen molar-refractivity contribution in [2.75, 3.05) is 6.54 Å². The highest BCUT2D eigenvalue weighted by molar-refractivity contribution is 5.76. The molecule has 0 aromatic heterocycles. The Balaban J connectivity index is 1.13. The zero-order valence-electron chi connectivity index (χ0n) is 17.6. The summed E-state index contributed by atoms with van der Waals surface area (Å²) >= 11 is 0. The van der Waals surface area contributed by atoms with Crippen LogP contribution in [-0.2, 0) is 4.79 Å². The average molecular weight is 370 g/mol. The molecule has 0 saturated heterocycles. The average Bonchev–Trinajstić information content (AvgIpc) is 2.47. The topological polar surface area (TPSA) is 29.1 Å². The van der Waals surface area contributed by atoms with E-state index in [9.17, 15) is 4.79 Å². The molecular formula is C25H39NO. The van der Waals surface area contributed by atoms with Gasteiger partial charge in [-0.1, -0.05) is 13.8 Å². The predicted molar refractivity (Wildman–Crippen MR) is 108 cm³/mol. The lowest BCUT2D eigenvalue weighted by Gasteiger charge is -2.65. The summed E-state index contributed by atoms with van der Waals surface area (Å²) in [4.78, 5) is 13.1. The molecule has 4 atom stereocenters. The number of amides is 1. The van der Waals surface area contributed by atoms with Gasteiger partial charge in [-0.05, 0) is 122 Å². The summed E-state index contributed by atoms with van der Waals surface area (Å²) in [5.41, 5.74) is 1.85. The molecule has 8 saturated carbocycles. The number of rotatable bonds is 4. The van der Waals surface area contributed by atoms with Crippen LogP contribution in [0.2, 0.25) is 0 Å². The lowest BCUT2D eigenvalue weighted by Crippen LogP contribution is -2.56. The molecule has 0 radical (unpaired) electrons. The van der Waals surface area contributed by atoms with Crippen LogP contribution >= 0.6 is 0 Å². The fraction of sp³-hybridized carbons (Fsp3) is 0.960. The Labute approximate surface area is 165 Å². The highest BCUT2D eigenvalue weighted by atomic mass is 16.1. The van der Waals surface area contributed by atoms with Gasteiger partial charge in [0, 0.05) is 13.0 Å². The van der Waals surface area contributed by atoms with E-state index in [0.717, 1.165) is 36.6 Å². The molecule has 8 aliphatic carbocycles. The molecule has 8 aliphatic rings. The van der Waals surface area contributed by atoms with Crippen molar-refractivity contribution in [2.24, 2.45) is 45.3 Å². The third kappa shape index (κ3) is 2.83. The zero-order valence-corrected chi connectivity index (χ0v) is 17.6. The van der Waals surface area contributed by atoms with Gasteiger partial charge in [-0.2, -0.15) is 0 Å². The highest BCUT2D eigenvalue weighted by Crippen LogP contribution is 2.70. The first-order valence-electron chi connectivity index (χ1n) is 12.0. The highest BCUT2D eigenvalue weighted by Gasteiger charge is 2.60. The van der Waals surface area contributed by atoms with Crippen molar-refractivity contribution in [1.29, 1.82) is 0 Å². The third-order valence-electron chi connectivity index (χ3n) is 10.1. The Kier molecular flexibility index (Phi) is 3.43. The van der Waals surface area contributed by atoms with Crippen molar-refractivity contribution in [2.45, 2.75) is 97.3 Å². The summed E-state index contributed by atoms with van der Waals surface area (Å²) in [6, 6.07) is 0. The number of carbonyl (C=O) groups is 1. The molecule has 1 amide bonds. The van der Waals surface area contributed by atoms with Crippen LogP contribution in [0.3, 0.4) is 0 Å². The lowest BCUT2D eigenvalue weighted by atomic mass is 9.40. The molecule has 8 rings (SSSR count). The summed E-state index contributed by atoms with van der Waals surface area (Å²) in [6.07, 6.45) is 17.8. The predicted octanol–water partition coefficient (Wildman–Crippen LogP) is 5.71. The van der Waals surface area contributed by atoms with Gasteiger partial charge in [-0.25, -0.2) is 0 Å². The Bertz CT molecular complexity index is 612. The van der Waals surface area contributed by atoms with Gasteiger partial charge in [0.15, 0.2) is 0 Å². The van der Waals surface area contributed by atoms with Crippen LogP contribution in [0.25, 0.3) is 0 Å². The maximum atomic E-state index is 13.1. The second-order valence-electron chi connectivity index (χ2n) is 13.5. The summed E-state index contributed by atoms with van der Waals surface area (Å²) in [7, 11) is 0. The molecule has 2 nitrogen and oxygen atoms in total. The van der Waals surface area contributed by atoms with Crippen LogP contribution in [0.5, 0.6) is 0 Å². The first kappa shape index (κ1) is 17.3. The molecule has 0 aromatic carbocycles. The van der Waals surface area contributed by atoms with Crippen LogP contribution in [0.15, 0.2) is 0 Å². The van der Waals surface area contributed by atoms with Gasteiger partial charge in [-0.15, -0.1) is 0 Å². The Hall–Kier alpha value is -0.530. The number of nitrogens with one attached hydrogen (secondary N) is 1. The van der Waals surface area contributed by atoms with Gasteiger partial charge in [0.05, 0.1) is 0 Å². The molecule has 2 unspecified atom stereocenters. The van der Waals surface area contributed by atoms with E-state index < -0.39 is 0 Å². The van der Waals surface area contributed by atoms with Gasteiger partial charge in [0.25, 0.3) is 0 Å². The van der Waals surface area contributed by atoms with Crippen LogP contribution in [0.1, 0.15) is 97.3 Å². The minimum Gasteiger partial charge on any atom is -0.356 e. The SMILES string of the molecule is C[C@]12CC3CC(CC(=O)NCC45CC6CC(CC(C6)C4)C5)(C1)C[C@@](C)(C3)C2. The van der Waals surface area contributed by atoms with Gasteiger partial charge in [-0.3, -0.25) is 4.79 Å². The minimum atomic E-state index is 0.328. The molecule has 8 bridgehead atoms. The van der Waals surface area contributed by atoms with E-state index in [1.54, 1.807) is 0 Å². The normalized spacial score (nSPS) is 57.3. The maximum Gasteiger partial charge on any atom is 0.220 e. The summed E-state index contributed by atoms with van der Waals surface area (Å²) < 4.78 is 0. The second kappa shape index (κ2) is 5.33. The van der Waals surface area contributed by atoms with Gasteiger partial charge in [0.1, 0.15) is 0 Å². The van der Waals surface area contributed by atoms with Crippen LogP contribution in [0, 0.1) is 45.3 Å². The van der Waals surface area contributed by atoms with E-state index in [-0.39, 0.29) is 0 Å². The van der Waals surface area contributed by atoms with Crippen molar-refractivity contribution in [3.63, 3.8) is 0 Å². The molecule has 0 aliphatic heterocycles. The maximum absolute atomic E-state index is 13.1. The summed E-state index contributed by atoms with van der Waals surface area (Å²) in [5, 5.41) is 3.50. The first-order valence-corrected chi connectivity index (χ1v) is 12.0. The largest absolute Gasteiger partial charge is 0.356 e. The minimum absolute atomic E-state index is 0.328. The van der Waals surface area contributed by atoms with Crippen LogP contribution < -0.4 is 5.32 Å². The third-order valence-corrected chi connectivity index (χ3v) is 10.1. The standard InChI is InChI=1S/C25H39NO/c1-22-6-20-7-23(2,13-22)15-25(11-20,14-22)12-21(27)26-16-24-8-17-3-18(9-24)5-19(4-17)10-24/h17-20H,3-16H2,1-2H3,(H,26,27)/t17?,18?,19?,20?,22-,23+,24?,25?. The fourth-order valence-corrected chi connectivity index (χ4v) is 11.1. The fourth-order valence-electron chi connectivity index (χ4n) is 11.1. The van der Waals surface area contributed by atoms with Gasteiger partial charge in [0.2, 0.25) is 5.91 Å². The summed E-state index contributed by atoms with van der Waals surface area (Å²) in [6.45, 7) is 6.04. The van der Waals surface area contributed by atoms with E-state index in [1.165, 1.54) is 77.0 Å². The second-order valence-corrected chi connectivity index (χ2v) is 13.5. The van der Waals surface area contributed by atoms with E-state index in [1.807, 2.05) is 0 Å². The number of hydrogen-bond donors (Lipinski definition) is 1. The van der Waals surface area contributed by atoms with Crippen molar-refractivity contribution in [3.8, 4) is 0 Å². The van der Waals surface area contributed by atoms with Crippen LogP contribution in [0.4, 0.5) is 0 Å². The smallest absolute Gasteiger partial charge is 0.220 e. The van der Waals surface area contributed by atoms with E-state index in [0.29, 0.717) is 27.6 Å². The van der Waals surface area contributed by atoms with Crippen molar-refractivity contribution < 1.29 is 4.79 Å². The Morgan fingerprint density at radius 1 is 0.741 bits per heavy atom.